The summed E-state index contributed by atoms with van der Waals surface area (Å²) in [4.78, 5) is 25.3. The molecule has 9 nitrogen and oxygen atoms in total. The lowest BCUT2D eigenvalue weighted by Gasteiger charge is -2.04. The highest BCUT2D eigenvalue weighted by molar-refractivity contribution is 5.80. The minimum absolute atomic E-state index is 0.0504. The van der Waals surface area contributed by atoms with Gasteiger partial charge in [-0.3, -0.25) is 4.79 Å². The van der Waals surface area contributed by atoms with Gasteiger partial charge in [0.15, 0.2) is 5.82 Å². The van der Waals surface area contributed by atoms with Crippen LogP contribution in [0.1, 0.15) is 6.92 Å². The van der Waals surface area contributed by atoms with Crippen LogP contribution in [0.15, 0.2) is 18.3 Å². The molecule has 2 N–H and O–H groups in total. The van der Waals surface area contributed by atoms with Gasteiger partial charge < -0.3 is 20.7 Å². The van der Waals surface area contributed by atoms with Gasteiger partial charge in [0, 0.05) is 12.6 Å². The number of fused-ring (bicyclic) bond motifs is 1. The zero-order valence-corrected chi connectivity index (χ0v) is 10.2. The molecular formula is C10H12N6O3. The maximum Gasteiger partial charge on any atom is 0.368 e. The monoisotopic (exact) mass is 264 g/mol. The normalized spacial score (nSPS) is 10.4. The lowest BCUT2D eigenvalue weighted by Crippen LogP contribution is -2.29. The Morgan fingerprint density at radius 1 is 1.53 bits per heavy atom. The van der Waals surface area contributed by atoms with Gasteiger partial charge in [-0.05, 0) is 17.9 Å². The molecule has 100 valence electrons. The summed E-state index contributed by atoms with van der Waals surface area (Å²) in [6.07, 6.45) is 1.13. The number of amides is 1. The number of rotatable bonds is 5. The van der Waals surface area contributed by atoms with E-state index in [-0.39, 0.29) is 18.3 Å². The fraction of sp³-hybridized carbons (Fsp3) is 0.300. The van der Waals surface area contributed by atoms with Crippen molar-refractivity contribution in [1.29, 1.82) is 0 Å². The van der Waals surface area contributed by atoms with Crippen molar-refractivity contribution in [1.82, 2.24) is 19.9 Å². The van der Waals surface area contributed by atoms with Gasteiger partial charge in [-0.1, -0.05) is 9.61 Å². The van der Waals surface area contributed by atoms with Gasteiger partial charge in [-0.15, -0.1) is 0 Å². The summed E-state index contributed by atoms with van der Waals surface area (Å²) in [7, 11) is 0. The highest BCUT2D eigenvalue weighted by Gasteiger charge is 2.15. The number of nitrogens with zero attached hydrogens (tertiary/aromatic N) is 4. The Morgan fingerprint density at radius 3 is 3.00 bits per heavy atom. The first-order valence-corrected chi connectivity index (χ1v) is 5.61. The van der Waals surface area contributed by atoms with E-state index in [1.54, 1.807) is 12.1 Å². The Labute approximate surface area is 107 Å². The maximum atomic E-state index is 11.3. The molecule has 1 amide bonds. The predicted molar refractivity (Wildman–Crippen MR) is 66.8 cm³/mol. The number of carbonyl (C=O) groups is 1. The van der Waals surface area contributed by atoms with Gasteiger partial charge in [0.25, 0.3) is 0 Å². The SMILES string of the molecule is CCNC(=O)CNc1ccc2ncc([N+](=O)[O-])n2n1. The summed E-state index contributed by atoms with van der Waals surface area (Å²) in [5, 5.41) is 20.2. The molecule has 0 saturated carbocycles. The third-order valence-corrected chi connectivity index (χ3v) is 2.34. The molecule has 0 aromatic carbocycles. The van der Waals surface area contributed by atoms with Crippen LogP contribution in [0, 0.1) is 10.1 Å². The van der Waals surface area contributed by atoms with Crippen LogP contribution in [0.3, 0.4) is 0 Å². The van der Waals surface area contributed by atoms with Crippen LogP contribution in [0.4, 0.5) is 11.6 Å². The number of hydrogen-bond donors (Lipinski definition) is 2. The van der Waals surface area contributed by atoms with E-state index in [9.17, 15) is 14.9 Å². The van der Waals surface area contributed by atoms with E-state index >= 15 is 0 Å². The van der Waals surface area contributed by atoms with E-state index < -0.39 is 4.92 Å². The summed E-state index contributed by atoms with van der Waals surface area (Å²) in [5.41, 5.74) is 0.371. The lowest BCUT2D eigenvalue weighted by molar-refractivity contribution is -0.391. The minimum atomic E-state index is -0.569. The second-order valence-corrected chi connectivity index (χ2v) is 3.67. The number of carbonyl (C=O) groups excluding carboxylic acids is 1. The van der Waals surface area contributed by atoms with Gasteiger partial charge >= 0.3 is 5.82 Å². The standard InChI is InChI=1S/C10H12N6O3/c1-2-11-9(17)5-12-7-3-4-8-13-6-10(16(18)19)15(8)14-7/h3-4,6H,2,5H2,1H3,(H,11,17)(H,12,14). The second kappa shape index (κ2) is 5.29. The van der Waals surface area contributed by atoms with Gasteiger partial charge in [-0.2, -0.15) is 0 Å². The third kappa shape index (κ3) is 2.76. The topological polar surface area (TPSA) is 114 Å². The van der Waals surface area contributed by atoms with Crippen LogP contribution in [-0.2, 0) is 4.79 Å². The first-order chi connectivity index (χ1) is 9.11. The molecule has 0 bridgehead atoms. The van der Waals surface area contributed by atoms with Crippen molar-refractivity contribution < 1.29 is 9.72 Å². The molecule has 0 aliphatic carbocycles. The Kier molecular flexibility index (Phi) is 3.55. The molecule has 0 radical (unpaired) electrons. The summed E-state index contributed by atoms with van der Waals surface area (Å²) < 4.78 is 1.11. The van der Waals surface area contributed by atoms with Crippen molar-refractivity contribution in [3.63, 3.8) is 0 Å². The number of nitrogens with one attached hydrogen (secondary N) is 2. The number of likely N-dealkylation sites (N-methyl/N-ethyl adjacent to an activating group) is 1. The fourth-order valence-electron chi connectivity index (χ4n) is 1.51. The fourth-order valence-corrected chi connectivity index (χ4v) is 1.51. The van der Waals surface area contributed by atoms with Gasteiger partial charge in [-0.25, -0.2) is 4.98 Å². The first-order valence-electron chi connectivity index (χ1n) is 5.61. The van der Waals surface area contributed by atoms with E-state index in [0.717, 1.165) is 10.7 Å². The molecule has 2 aromatic rings. The number of nitro groups is 1. The second-order valence-electron chi connectivity index (χ2n) is 3.67. The summed E-state index contributed by atoms with van der Waals surface area (Å²) in [6, 6.07) is 3.19. The Hall–Kier alpha value is -2.71. The van der Waals surface area contributed by atoms with Crippen LogP contribution in [0.2, 0.25) is 0 Å². The van der Waals surface area contributed by atoms with Crippen molar-refractivity contribution >= 4 is 23.2 Å². The highest BCUT2D eigenvalue weighted by Crippen LogP contribution is 2.14. The first kappa shape index (κ1) is 12.7. The lowest BCUT2D eigenvalue weighted by atomic mass is 10.5. The molecule has 0 aliphatic heterocycles. The molecule has 2 aromatic heterocycles. The number of hydrogen-bond acceptors (Lipinski definition) is 6. The van der Waals surface area contributed by atoms with Crippen LogP contribution in [0.25, 0.3) is 5.65 Å². The molecule has 0 fully saturated rings. The quantitative estimate of drug-likeness (QED) is 0.588. The smallest absolute Gasteiger partial charge is 0.358 e. The number of aromatic nitrogens is 3. The van der Waals surface area contributed by atoms with Crippen LogP contribution >= 0.6 is 0 Å². The van der Waals surface area contributed by atoms with Crippen molar-refractivity contribution in [2.24, 2.45) is 0 Å². The van der Waals surface area contributed by atoms with Gasteiger partial charge in [0.1, 0.15) is 6.20 Å². The highest BCUT2D eigenvalue weighted by atomic mass is 16.6. The predicted octanol–water partition coefficient (Wildman–Crippen LogP) is 0.185. The van der Waals surface area contributed by atoms with Crippen LogP contribution in [-0.4, -0.2) is 38.5 Å². The summed E-state index contributed by atoms with van der Waals surface area (Å²) in [5.74, 6) is -0.0407. The van der Waals surface area contributed by atoms with Gasteiger partial charge in [0.2, 0.25) is 11.6 Å². The molecule has 0 unspecified atom stereocenters. The van der Waals surface area contributed by atoms with E-state index in [1.807, 2.05) is 6.92 Å². The van der Waals surface area contributed by atoms with Gasteiger partial charge in [0.05, 0.1) is 6.54 Å². The molecule has 0 spiro atoms. The third-order valence-electron chi connectivity index (χ3n) is 2.34. The zero-order valence-electron chi connectivity index (χ0n) is 10.2. The van der Waals surface area contributed by atoms with Crippen molar-refractivity contribution in [3.8, 4) is 0 Å². The summed E-state index contributed by atoms with van der Waals surface area (Å²) >= 11 is 0. The average molecular weight is 264 g/mol. The van der Waals surface area contributed by atoms with Crippen LogP contribution in [0.5, 0.6) is 0 Å². The Bertz CT molecular complexity index is 623. The molecule has 19 heavy (non-hydrogen) atoms. The number of imidazole rings is 1. The molecule has 2 heterocycles. The molecule has 9 heteroatoms. The zero-order chi connectivity index (χ0) is 13.8. The average Bonchev–Trinajstić information content (AvgIpc) is 2.79. The van der Waals surface area contributed by atoms with E-state index in [2.05, 4.69) is 20.7 Å². The summed E-state index contributed by atoms with van der Waals surface area (Å²) in [6.45, 7) is 2.41. The molecule has 0 atom stereocenters. The largest absolute Gasteiger partial charge is 0.368 e. The minimum Gasteiger partial charge on any atom is -0.358 e. The van der Waals surface area contributed by atoms with Crippen molar-refractivity contribution in [2.45, 2.75) is 6.92 Å². The molecule has 0 aliphatic rings. The van der Waals surface area contributed by atoms with Crippen LogP contribution < -0.4 is 10.6 Å². The number of anilines is 1. The Balaban J connectivity index is 2.18. The molecule has 2 rings (SSSR count). The van der Waals surface area contributed by atoms with E-state index in [4.69, 9.17) is 0 Å². The van der Waals surface area contributed by atoms with Crippen molar-refractivity contribution in [2.75, 3.05) is 18.4 Å². The maximum absolute atomic E-state index is 11.3. The van der Waals surface area contributed by atoms with E-state index in [0.29, 0.717) is 18.0 Å². The Morgan fingerprint density at radius 2 is 2.32 bits per heavy atom. The van der Waals surface area contributed by atoms with E-state index in [1.165, 1.54) is 0 Å². The molecule has 0 saturated heterocycles. The van der Waals surface area contributed by atoms with Crippen molar-refractivity contribution in [3.05, 3.63) is 28.4 Å². The molecular weight excluding hydrogens is 252 g/mol.